The first-order valence-corrected chi connectivity index (χ1v) is 2.94. The maximum absolute atomic E-state index is 9.94. The number of carboxylic acid groups (broad SMARTS) is 1. The molecular weight excluding hydrogens is 122 g/mol. The van der Waals surface area contributed by atoms with Gasteiger partial charge in [-0.15, -0.1) is 0 Å². The van der Waals surface area contributed by atoms with Gasteiger partial charge in [-0.1, -0.05) is 0 Å². The minimum absolute atomic E-state index is 0. The summed E-state index contributed by atoms with van der Waals surface area (Å²) in [5.41, 5.74) is 0. The molecule has 1 atom stereocenters. The molecule has 0 aromatic heterocycles. The lowest BCUT2D eigenvalue weighted by Gasteiger charge is -2.05. The fourth-order valence-electron chi connectivity index (χ4n) is 0.848. The molecule has 0 spiro atoms. The molecule has 0 bridgehead atoms. The Morgan fingerprint density at radius 1 is 1.89 bits per heavy atom. The summed E-state index contributed by atoms with van der Waals surface area (Å²) < 4.78 is 4.99. The van der Waals surface area contributed by atoms with E-state index in [1.54, 1.807) is 0 Å². The van der Waals surface area contributed by atoms with Gasteiger partial charge in [0.25, 0.3) is 0 Å². The van der Waals surface area contributed by atoms with Crippen molar-refractivity contribution in [2.45, 2.75) is 12.6 Å². The van der Waals surface area contributed by atoms with Gasteiger partial charge in [-0.25, -0.2) is 0 Å². The topological polar surface area (TPSA) is 66.0 Å². The van der Waals surface area contributed by atoms with Gasteiger partial charge in [-0.2, -0.15) is 0 Å². The number of carboxylic acids is 1. The zero-order chi connectivity index (χ0) is 6.69. The van der Waals surface area contributed by atoms with E-state index < -0.39 is 5.97 Å². The van der Waals surface area contributed by atoms with Gasteiger partial charge >= 0.3 is 0 Å². The van der Waals surface area contributed by atoms with Crippen molar-refractivity contribution in [1.82, 2.24) is 0 Å². The summed E-state index contributed by atoms with van der Waals surface area (Å²) in [6, 6.07) is 0. The van der Waals surface area contributed by atoms with Crippen LogP contribution in [0.4, 0.5) is 0 Å². The first-order valence-electron chi connectivity index (χ1n) is 2.94. The Labute approximate surface area is 52.8 Å². The van der Waals surface area contributed by atoms with Crippen LogP contribution in [-0.4, -0.2) is 25.3 Å². The highest BCUT2D eigenvalue weighted by Crippen LogP contribution is 1.90. The minimum Gasteiger partial charge on any atom is -0.550 e. The molecular formula is C5H9NO3. The van der Waals surface area contributed by atoms with Gasteiger partial charge in [0.15, 0.2) is 6.23 Å². The first kappa shape index (κ1) is 6.51. The molecule has 4 heteroatoms. The van der Waals surface area contributed by atoms with Crippen LogP contribution in [0, 0.1) is 0 Å². The summed E-state index contributed by atoms with van der Waals surface area (Å²) in [6.07, 6.45) is -0.199. The Hall–Kier alpha value is -0.610. The van der Waals surface area contributed by atoms with Gasteiger partial charge < -0.3 is 20.0 Å². The van der Waals surface area contributed by atoms with E-state index in [4.69, 9.17) is 4.74 Å². The average Bonchev–Trinajstić information content (AvgIpc) is 2.15. The van der Waals surface area contributed by atoms with Crippen LogP contribution < -0.4 is 10.4 Å². The summed E-state index contributed by atoms with van der Waals surface area (Å²) in [6.45, 7) is 1.51. The molecule has 0 aliphatic carbocycles. The van der Waals surface area contributed by atoms with Crippen molar-refractivity contribution in [1.29, 1.82) is 0 Å². The number of carbonyl (C=O) groups is 1. The van der Waals surface area contributed by atoms with Crippen LogP contribution in [0.3, 0.4) is 0 Å². The molecule has 52 valence electrons. The number of nitrogens with two attached hydrogens (primary N) is 1. The van der Waals surface area contributed by atoms with Crippen LogP contribution in [-0.2, 0) is 9.53 Å². The van der Waals surface area contributed by atoms with E-state index in [1.807, 2.05) is 5.32 Å². The van der Waals surface area contributed by atoms with Crippen molar-refractivity contribution < 1.29 is 20.0 Å². The van der Waals surface area contributed by atoms with Gasteiger partial charge in [0.05, 0.1) is 12.4 Å². The molecule has 0 aromatic carbocycles. The molecule has 0 aromatic rings. The van der Waals surface area contributed by atoms with E-state index in [2.05, 4.69) is 0 Å². The van der Waals surface area contributed by atoms with Crippen molar-refractivity contribution in [2.24, 2.45) is 0 Å². The lowest BCUT2D eigenvalue weighted by molar-refractivity contribution is -0.689. The fraction of sp³-hybridized carbons (Fsp3) is 0.800. The van der Waals surface area contributed by atoms with E-state index in [-0.39, 0.29) is 12.6 Å². The van der Waals surface area contributed by atoms with Crippen LogP contribution in [0.5, 0.6) is 0 Å². The fourth-order valence-corrected chi connectivity index (χ4v) is 0.848. The number of hydrogen-bond donors (Lipinski definition) is 1. The summed E-state index contributed by atoms with van der Waals surface area (Å²) in [7, 11) is 0. The Morgan fingerprint density at radius 3 is 3.11 bits per heavy atom. The van der Waals surface area contributed by atoms with Crippen LogP contribution >= 0.6 is 0 Å². The molecule has 0 radical (unpaired) electrons. The van der Waals surface area contributed by atoms with Gasteiger partial charge in [0.1, 0.15) is 13.2 Å². The van der Waals surface area contributed by atoms with Crippen molar-refractivity contribution in [2.75, 3.05) is 13.2 Å². The van der Waals surface area contributed by atoms with Crippen molar-refractivity contribution in [3.05, 3.63) is 0 Å². The molecule has 1 heterocycles. The number of hydrogen-bond acceptors (Lipinski definition) is 3. The quantitative estimate of drug-likeness (QED) is 0.435. The summed E-state index contributed by atoms with van der Waals surface area (Å²) in [5, 5.41) is 11.8. The normalized spacial score (nSPS) is 26.4. The molecule has 4 nitrogen and oxygen atoms in total. The number of rotatable bonds is 2. The highest BCUT2D eigenvalue weighted by Gasteiger charge is 2.17. The molecule has 1 aliphatic rings. The Balaban J connectivity index is 2.19. The molecule has 0 amide bonds. The van der Waals surface area contributed by atoms with E-state index in [0.29, 0.717) is 6.61 Å². The Bertz CT molecular complexity index is 109. The maximum Gasteiger partial charge on any atom is 0.195 e. The molecule has 9 heavy (non-hydrogen) atoms. The maximum atomic E-state index is 9.94. The van der Waals surface area contributed by atoms with E-state index in [0.717, 1.165) is 6.54 Å². The minimum atomic E-state index is -1.04. The predicted octanol–water partition coefficient (Wildman–Crippen LogP) is -2.95. The van der Waals surface area contributed by atoms with Crippen LogP contribution in [0.2, 0.25) is 0 Å². The average molecular weight is 131 g/mol. The van der Waals surface area contributed by atoms with Crippen molar-refractivity contribution >= 4 is 5.97 Å². The van der Waals surface area contributed by atoms with Crippen molar-refractivity contribution in [3.63, 3.8) is 0 Å². The molecule has 1 unspecified atom stereocenters. The third kappa shape index (κ3) is 1.99. The van der Waals surface area contributed by atoms with Gasteiger partial charge in [0, 0.05) is 0 Å². The number of ether oxygens (including phenoxy) is 1. The SMILES string of the molecule is O=C([O-])CC1[NH2+]CCO1. The lowest BCUT2D eigenvalue weighted by Crippen LogP contribution is -2.87. The summed E-state index contributed by atoms with van der Waals surface area (Å²) in [4.78, 5) is 9.94. The zero-order valence-corrected chi connectivity index (χ0v) is 5.00. The van der Waals surface area contributed by atoms with E-state index in [9.17, 15) is 9.90 Å². The molecule has 1 saturated heterocycles. The van der Waals surface area contributed by atoms with Gasteiger partial charge in [-0.3, -0.25) is 0 Å². The van der Waals surface area contributed by atoms with Gasteiger partial charge in [-0.05, 0) is 0 Å². The zero-order valence-electron chi connectivity index (χ0n) is 5.00. The molecule has 0 saturated carbocycles. The Morgan fingerprint density at radius 2 is 2.67 bits per heavy atom. The monoisotopic (exact) mass is 131 g/mol. The van der Waals surface area contributed by atoms with Crippen LogP contribution in [0.15, 0.2) is 0 Å². The van der Waals surface area contributed by atoms with Crippen LogP contribution in [0.1, 0.15) is 6.42 Å². The number of carbonyl (C=O) groups excluding carboxylic acids is 1. The highest BCUT2D eigenvalue weighted by molar-refractivity contribution is 5.64. The molecule has 1 rings (SSSR count). The lowest BCUT2D eigenvalue weighted by atomic mass is 10.4. The second kappa shape index (κ2) is 2.80. The largest absolute Gasteiger partial charge is 0.550 e. The smallest absolute Gasteiger partial charge is 0.195 e. The predicted molar refractivity (Wildman–Crippen MR) is 26.2 cm³/mol. The summed E-state index contributed by atoms with van der Waals surface area (Å²) >= 11 is 0. The van der Waals surface area contributed by atoms with Crippen LogP contribution in [0.25, 0.3) is 0 Å². The number of quaternary nitrogens is 1. The molecule has 2 N–H and O–H groups in total. The number of aliphatic carboxylic acids is 1. The highest BCUT2D eigenvalue weighted by atomic mass is 16.5. The second-order valence-corrected chi connectivity index (χ2v) is 2.01. The molecule has 1 aliphatic heterocycles. The standard InChI is InChI=1S/C5H9NO3/c7-5(8)3-4-6-1-2-9-4/h4,6H,1-3H2,(H,7,8). The summed E-state index contributed by atoms with van der Waals surface area (Å²) in [5.74, 6) is -1.04. The third-order valence-electron chi connectivity index (χ3n) is 1.25. The van der Waals surface area contributed by atoms with E-state index >= 15 is 0 Å². The molecule has 1 fully saturated rings. The second-order valence-electron chi connectivity index (χ2n) is 2.01. The third-order valence-corrected chi connectivity index (χ3v) is 1.25. The van der Waals surface area contributed by atoms with Gasteiger partial charge in [0.2, 0.25) is 0 Å². The van der Waals surface area contributed by atoms with Crippen molar-refractivity contribution in [3.8, 4) is 0 Å². The van der Waals surface area contributed by atoms with E-state index in [1.165, 1.54) is 0 Å². The first-order chi connectivity index (χ1) is 4.29. The Kier molecular flexibility index (Phi) is 2.02.